The zero-order chi connectivity index (χ0) is 50.2. The number of thiophene rings is 2. The van der Waals surface area contributed by atoms with E-state index in [-0.39, 0.29) is 32.9 Å². The molecule has 2 saturated carbocycles. The number of rotatable bonds is 12. The Morgan fingerprint density at radius 3 is 1.38 bits per heavy atom. The number of hydrogen-bond acceptors (Lipinski definition) is 13. The molecule has 370 valence electrons. The predicted molar refractivity (Wildman–Crippen MR) is 263 cm³/mol. The Kier molecular flexibility index (Phi) is 14.8. The standard InChI is InChI=1S/C25H30N2O6S2.C24H28N2O6S2/c1-24(2,3)33-23(29)27-14-12-18(13-15-27)20-10-11-21(34-20)35(30,31)26-25(22(28)32-4)16-19(25)17-8-6-5-7-9-17;1-23(2,3)32-22(29)26-13-11-17(12-14-26)19-9-10-20(33-19)34(30,31)25-24(21(27)28)15-18(24)16-7-5-4-6-8-16/h5-12,19,26H,13-16H2,1-4H3;4-11,18,25H,12-15H2,1-3H3,(H,27,28)/t19-,25+;18-,24+/m11/s1. The number of carboxylic acids is 1. The van der Waals surface area contributed by atoms with Crippen LogP contribution in [0.15, 0.2) is 105 Å². The number of nitrogens with one attached hydrogen (secondary N) is 2. The van der Waals surface area contributed by atoms with E-state index in [1.54, 1.807) is 28.0 Å². The second-order valence-electron chi connectivity index (χ2n) is 19.3. The Morgan fingerprint density at radius 1 is 0.623 bits per heavy atom. The molecule has 4 aromatic rings. The highest BCUT2D eigenvalue weighted by Crippen LogP contribution is 2.54. The van der Waals surface area contributed by atoms with Crippen molar-refractivity contribution in [1.29, 1.82) is 0 Å². The topological polar surface area (TPSA) is 215 Å². The third kappa shape index (κ3) is 12.0. The lowest BCUT2D eigenvalue weighted by Crippen LogP contribution is -2.45. The lowest BCUT2D eigenvalue weighted by atomic mass is 10.1. The zero-order valence-electron chi connectivity index (χ0n) is 39.5. The molecule has 8 rings (SSSR count). The van der Waals surface area contributed by atoms with Crippen molar-refractivity contribution in [3.8, 4) is 0 Å². The first-order valence-corrected chi connectivity index (χ1v) is 27.0. The molecule has 0 bridgehead atoms. The van der Waals surface area contributed by atoms with E-state index in [1.807, 2.05) is 114 Å². The summed E-state index contributed by atoms with van der Waals surface area (Å²) in [5, 5.41) is 9.82. The zero-order valence-corrected chi connectivity index (χ0v) is 42.8. The highest BCUT2D eigenvalue weighted by atomic mass is 32.3. The normalized spacial score (nSPS) is 22.5. The third-order valence-electron chi connectivity index (χ3n) is 11.9. The number of carbonyl (C=O) groups is 4. The van der Waals surface area contributed by atoms with Crippen LogP contribution in [0.2, 0.25) is 0 Å². The minimum Gasteiger partial charge on any atom is -0.480 e. The van der Waals surface area contributed by atoms with Crippen LogP contribution < -0.4 is 9.44 Å². The fraction of sp³-hybridized carbons (Fsp3) is 0.429. The maximum atomic E-state index is 13.3. The van der Waals surface area contributed by atoms with E-state index in [9.17, 15) is 41.1 Å². The van der Waals surface area contributed by atoms with Gasteiger partial charge >= 0.3 is 24.1 Å². The first-order valence-electron chi connectivity index (χ1n) is 22.4. The van der Waals surface area contributed by atoms with Crippen LogP contribution in [0.3, 0.4) is 0 Å². The van der Waals surface area contributed by atoms with Crippen LogP contribution in [-0.2, 0) is 43.8 Å². The second-order valence-corrected chi connectivity index (χ2v) is 25.3. The average molecular weight is 1020 g/mol. The minimum atomic E-state index is -4.03. The van der Waals surface area contributed by atoms with Crippen LogP contribution in [0, 0.1) is 0 Å². The molecule has 2 aromatic carbocycles. The third-order valence-corrected chi connectivity index (χ3v) is 18.3. The minimum absolute atomic E-state index is 0.0670. The van der Waals surface area contributed by atoms with Crippen molar-refractivity contribution in [2.24, 2.45) is 0 Å². The van der Waals surface area contributed by atoms with Gasteiger partial charge in [-0.25, -0.2) is 26.4 Å². The number of nitrogens with zero attached hydrogens (tertiary/aromatic N) is 2. The molecule has 16 nitrogen and oxygen atoms in total. The molecule has 2 aliphatic heterocycles. The van der Waals surface area contributed by atoms with Crippen molar-refractivity contribution >= 4 is 78.0 Å². The molecule has 3 N–H and O–H groups in total. The van der Waals surface area contributed by atoms with Crippen LogP contribution in [0.25, 0.3) is 11.1 Å². The van der Waals surface area contributed by atoms with Gasteiger partial charge in [0.1, 0.15) is 30.7 Å². The van der Waals surface area contributed by atoms with E-state index in [0.717, 1.165) is 54.7 Å². The highest BCUT2D eigenvalue weighted by Gasteiger charge is 2.64. The van der Waals surface area contributed by atoms with Gasteiger partial charge in [0.15, 0.2) is 0 Å². The smallest absolute Gasteiger partial charge is 0.410 e. The number of sulfonamides is 2. The molecule has 0 unspecified atom stereocenters. The molecule has 0 saturated heterocycles. The Balaban J connectivity index is 0.000000204. The molecular weight excluding hydrogens is 965 g/mol. The van der Waals surface area contributed by atoms with Gasteiger partial charge in [-0.1, -0.05) is 72.8 Å². The summed E-state index contributed by atoms with van der Waals surface area (Å²) in [7, 11) is -6.72. The van der Waals surface area contributed by atoms with E-state index >= 15 is 0 Å². The summed E-state index contributed by atoms with van der Waals surface area (Å²) in [5.74, 6) is -2.48. The second kappa shape index (κ2) is 19.8. The molecule has 20 heteroatoms. The van der Waals surface area contributed by atoms with Crippen molar-refractivity contribution in [1.82, 2.24) is 19.2 Å². The number of methoxy groups -OCH3 is 1. The Bertz CT molecular complexity index is 2870. The van der Waals surface area contributed by atoms with Gasteiger partial charge in [0, 0.05) is 47.8 Å². The highest BCUT2D eigenvalue weighted by molar-refractivity contribution is 7.92. The van der Waals surface area contributed by atoms with Crippen LogP contribution in [0.4, 0.5) is 9.59 Å². The summed E-state index contributed by atoms with van der Waals surface area (Å²) >= 11 is 2.24. The largest absolute Gasteiger partial charge is 0.480 e. The molecule has 0 radical (unpaired) electrons. The van der Waals surface area contributed by atoms with Gasteiger partial charge in [-0.3, -0.25) is 9.59 Å². The summed E-state index contributed by atoms with van der Waals surface area (Å²) in [5.41, 5.74) is -0.372. The molecule has 2 aromatic heterocycles. The fourth-order valence-corrected chi connectivity index (χ4v) is 13.8. The van der Waals surface area contributed by atoms with Crippen LogP contribution >= 0.6 is 22.7 Å². The van der Waals surface area contributed by atoms with Crippen LogP contribution in [-0.4, -0.2) is 111 Å². The lowest BCUT2D eigenvalue weighted by Gasteiger charge is -2.29. The number of benzene rings is 2. The summed E-state index contributed by atoms with van der Waals surface area (Å²) in [6, 6.07) is 24.9. The number of amides is 2. The Hall–Kier alpha value is -5.38. The fourth-order valence-electron chi connectivity index (χ4n) is 8.28. The average Bonchev–Trinajstić information content (AvgIpc) is 4.00. The summed E-state index contributed by atoms with van der Waals surface area (Å²) in [6.45, 7) is 12.7. The van der Waals surface area contributed by atoms with Crippen molar-refractivity contribution < 1.29 is 55.3 Å². The van der Waals surface area contributed by atoms with E-state index in [4.69, 9.17) is 14.2 Å². The van der Waals surface area contributed by atoms with Gasteiger partial charge in [0.25, 0.3) is 20.0 Å². The number of ether oxygens (including phenoxy) is 3. The van der Waals surface area contributed by atoms with Gasteiger partial charge < -0.3 is 29.1 Å². The molecular formula is C49H58N4O12S4. The summed E-state index contributed by atoms with van der Waals surface area (Å²) in [6.07, 6.45) is 4.79. The van der Waals surface area contributed by atoms with Gasteiger partial charge in [-0.15, -0.1) is 22.7 Å². The van der Waals surface area contributed by atoms with E-state index < -0.39 is 60.2 Å². The molecule has 0 spiro atoms. The molecule has 4 atom stereocenters. The summed E-state index contributed by atoms with van der Waals surface area (Å²) < 4.78 is 73.8. The van der Waals surface area contributed by atoms with E-state index in [1.165, 1.54) is 13.2 Å². The molecule has 4 heterocycles. The van der Waals surface area contributed by atoms with Crippen molar-refractivity contribution in [2.45, 2.75) is 110 Å². The van der Waals surface area contributed by atoms with E-state index in [0.29, 0.717) is 45.4 Å². The van der Waals surface area contributed by atoms with Gasteiger partial charge in [-0.2, -0.15) is 9.44 Å². The van der Waals surface area contributed by atoms with E-state index in [2.05, 4.69) is 9.44 Å². The Labute approximate surface area is 411 Å². The first-order chi connectivity index (χ1) is 32.4. The van der Waals surface area contributed by atoms with Gasteiger partial charge in [0.05, 0.1) is 7.11 Å². The molecule has 2 amide bonds. The molecule has 69 heavy (non-hydrogen) atoms. The monoisotopic (exact) mass is 1020 g/mol. The van der Waals surface area contributed by atoms with Crippen LogP contribution in [0.1, 0.15) is 99.9 Å². The SMILES string of the molecule is CC(C)(C)OC(=O)N1CC=C(c2ccc(S(=O)(=O)N[C@@]3(C(=O)O)C[C@@H]3c3ccccc3)s2)CC1.COC(=O)[C@]1(NS(=O)(=O)c2ccc(C3=CCN(C(=O)OC(C)(C)C)CC3)s2)C[C@@H]1c1ccccc1. The Morgan fingerprint density at radius 2 is 1.01 bits per heavy atom. The number of aliphatic carboxylic acids is 1. The number of esters is 1. The number of hydrogen-bond donors (Lipinski definition) is 3. The maximum absolute atomic E-state index is 13.3. The number of carboxylic acid groups (broad SMARTS) is 1. The van der Waals surface area contributed by atoms with Crippen molar-refractivity contribution in [3.63, 3.8) is 0 Å². The molecule has 4 aliphatic rings. The van der Waals surface area contributed by atoms with Gasteiger partial charge in [0.2, 0.25) is 0 Å². The van der Waals surface area contributed by atoms with Crippen molar-refractivity contribution in [3.05, 3.63) is 118 Å². The molecule has 2 aliphatic carbocycles. The molecule has 2 fully saturated rings. The summed E-state index contributed by atoms with van der Waals surface area (Å²) in [4.78, 5) is 54.0. The van der Waals surface area contributed by atoms with Crippen molar-refractivity contribution in [2.75, 3.05) is 33.3 Å². The first kappa shape index (κ1) is 51.5. The quantitative estimate of drug-likeness (QED) is 0.0905. The lowest BCUT2D eigenvalue weighted by molar-refractivity contribution is -0.144. The number of carbonyl (C=O) groups excluding carboxylic acids is 3. The predicted octanol–water partition coefficient (Wildman–Crippen LogP) is 8.21. The van der Waals surface area contributed by atoms with Crippen LogP contribution in [0.5, 0.6) is 0 Å². The van der Waals surface area contributed by atoms with Gasteiger partial charge in [-0.05, 0) is 114 Å². The maximum Gasteiger partial charge on any atom is 0.410 e.